The van der Waals surface area contributed by atoms with Crippen LogP contribution in [-0.4, -0.2) is 60.6 Å². The molecule has 0 N–H and O–H groups in total. The van der Waals surface area contributed by atoms with E-state index in [9.17, 15) is 0 Å². The lowest BCUT2D eigenvalue weighted by molar-refractivity contribution is -0.0826. The summed E-state index contributed by atoms with van der Waals surface area (Å²) in [7, 11) is 0. The van der Waals surface area contributed by atoms with Gasteiger partial charge in [0.2, 0.25) is 0 Å². The molecule has 0 bridgehead atoms. The summed E-state index contributed by atoms with van der Waals surface area (Å²) < 4.78 is 5.86. The standard InChI is InChI=1S/C18H29N3OS/c1-14-11-21(12-15(2)22-14)17-6-8-20(9-7-17)18-5-4-16(10-19-18)13-23-3/h4-5,10,14-15,17H,6-9,11-13H2,1-3H3/t14-,15+. The molecule has 0 radical (unpaired) electrons. The van der Waals surface area contributed by atoms with Crippen LogP contribution in [0.1, 0.15) is 32.3 Å². The van der Waals surface area contributed by atoms with Crippen molar-refractivity contribution >= 4 is 17.6 Å². The number of hydrogen-bond donors (Lipinski definition) is 0. The lowest BCUT2D eigenvalue weighted by Gasteiger charge is -2.43. The number of morpholine rings is 1. The molecule has 23 heavy (non-hydrogen) atoms. The Morgan fingerprint density at radius 2 is 1.87 bits per heavy atom. The van der Waals surface area contributed by atoms with Crippen molar-refractivity contribution in [1.29, 1.82) is 0 Å². The average Bonchev–Trinajstić information content (AvgIpc) is 2.55. The highest BCUT2D eigenvalue weighted by Gasteiger charge is 2.30. The fourth-order valence-electron chi connectivity index (χ4n) is 3.83. The second-order valence-corrected chi connectivity index (χ2v) is 7.75. The van der Waals surface area contributed by atoms with E-state index >= 15 is 0 Å². The van der Waals surface area contributed by atoms with Crippen LogP contribution in [0.15, 0.2) is 18.3 Å². The van der Waals surface area contributed by atoms with Gasteiger partial charge in [0.25, 0.3) is 0 Å². The monoisotopic (exact) mass is 335 g/mol. The van der Waals surface area contributed by atoms with Crippen LogP contribution in [0.25, 0.3) is 0 Å². The zero-order valence-electron chi connectivity index (χ0n) is 14.6. The number of rotatable bonds is 4. The summed E-state index contributed by atoms with van der Waals surface area (Å²) in [6.07, 6.45) is 7.35. The van der Waals surface area contributed by atoms with Crippen molar-refractivity contribution in [3.63, 3.8) is 0 Å². The molecular formula is C18H29N3OS. The number of nitrogens with zero attached hydrogens (tertiary/aromatic N) is 3. The number of piperidine rings is 1. The maximum atomic E-state index is 5.86. The van der Waals surface area contributed by atoms with E-state index in [1.807, 2.05) is 18.0 Å². The fourth-order valence-corrected chi connectivity index (χ4v) is 4.34. The first-order chi connectivity index (χ1) is 11.2. The fraction of sp³-hybridized carbons (Fsp3) is 0.722. The highest BCUT2D eigenvalue weighted by atomic mass is 32.2. The lowest BCUT2D eigenvalue weighted by Crippen LogP contribution is -2.53. The van der Waals surface area contributed by atoms with Gasteiger partial charge in [-0.3, -0.25) is 4.90 Å². The Labute approximate surface area is 144 Å². The van der Waals surface area contributed by atoms with E-state index in [-0.39, 0.29) is 0 Å². The SMILES string of the molecule is CSCc1ccc(N2CCC(N3C[C@@H](C)O[C@@H](C)C3)CC2)nc1. The van der Waals surface area contributed by atoms with Gasteiger partial charge in [0.05, 0.1) is 12.2 Å². The molecule has 2 aliphatic heterocycles. The van der Waals surface area contributed by atoms with E-state index in [0.717, 1.165) is 37.7 Å². The van der Waals surface area contributed by atoms with Crippen LogP contribution in [0.5, 0.6) is 0 Å². The van der Waals surface area contributed by atoms with Gasteiger partial charge in [-0.2, -0.15) is 11.8 Å². The maximum Gasteiger partial charge on any atom is 0.128 e. The minimum absolute atomic E-state index is 0.363. The highest BCUT2D eigenvalue weighted by molar-refractivity contribution is 7.97. The minimum atomic E-state index is 0.363. The van der Waals surface area contributed by atoms with Crippen molar-refractivity contribution in [3.05, 3.63) is 23.9 Å². The topological polar surface area (TPSA) is 28.6 Å². The number of aromatic nitrogens is 1. The second kappa shape index (κ2) is 7.86. The van der Waals surface area contributed by atoms with Crippen LogP contribution in [0.2, 0.25) is 0 Å². The van der Waals surface area contributed by atoms with Crippen molar-refractivity contribution in [2.45, 2.75) is 50.7 Å². The molecule has 3 rings (SSSR count). The Morgan fingerprint density at radius 1 is 1.17 bits per heavy atom. The van der Waals surface area contributed by atoms with Gasteiger partial charge in [0.15, 0.2) is 0 Å². The average molecular weight is 336 g/mol. The molecule has 2 atom stereocenters. The molecule has 1 aromatic rings. The Balaban J connectivity index is 1.53. The Kier molecular flexibility index (Phi) is 5.83. The van der Waals surface area contributed by atoms with Crippen molar-refractivity contribution in [3.8, 4) is 0 Å². The molecule has 0 spiro atoms. The van der Waals surface area contributed by atoms with Crippen molar-refractivity contribution < 1.29 is 4.74 Å². The van der Waals surface area contributed by atoms with Crippen molar-refractivity contribution in [1.82, 2.24) is 9.88 Å². The summed E-state index contributed by atoms with van der Waals surface area (Å²) in [5, 5.41) is 0. The Morgan fingerprint density at radius 3 is 2.43 bits per heavy atom. The van der Waals surface area contributed by atoms with Gasteiger partial charge in [0.1, 0.15) is 5.82 Å². The third-order valence-corrected chi connectivity index (χ3v) is 5.49. The van der Waals surface area contributed by atoms with E-state index in [2.05, 4.69) is 47.0 Å². The summed E-state index contributed by atoms with van der Waals surface area (Å²) in [6.45, 7) is 8.77. The Hall–Kier alpha value is -0.780. The van der Waals surface area contributed by atoms with Gasteiger partial charge >= 0.3 is 0 Å². The van der Waals surface area contributed by atoms with Gasteiger partial charge in [-0.15, -0.1) is 0 Å². The zero-order chi connectivity index (χ0) is 16.2. The van der Waals surface area contributed by atoms with Crippen molar-refractivity contribution in [2.24, 2.45) is 0 Å². The minimum Gasteiger partial charge on any atom is -0.373 e. The van der Waals surface area contributed by atoms with E-state index in [0.29, 0.717) is 18.2 Å². The van der Waals surface area contributed by atoms with Gasteiger partial charge in [-0.25, -0.2) is 4.98 Å². The molecule has 2 aliphatic rings. The lowest BCUT2D eigenvalue weighted by atomic mass is 10.0. The molecule has 0 amide bonds. The molecule has 4 nitrogen and oxygen atoms in total. The van der Waals surface area contributed by atoms with Crippen LogP contribution < -0.4 is 4.90 Å². The number of thioether (sulfide) groups is 1. The van der Waals surface area contributed by atoms with E-state index in [1.54, 1.807) is 0 Å². The molecular weight excluding hydrogens is 306 g/mol. The molecule has 0 aliphatic carbocycles. The van der Waals surface area contributed by atoms with Crippen LogP contribution in [-0.2, 0) is 10.5 Å². The highest BCUT2D eigenvalue weighted by Crippen LogP contribution is 2.24. The number of ether oxygens (including phenoxy) is 1. The largest absolute Gasteiger partial charge is 0.373 e. The van der Waals surface area contributed by atoms with Gasteiger partial charge in [-0.05, 0) is 44.6 Å². The first-order valence-electron chi connectivity index (χ1n) is 8.74. The third-order valence-electron chi connectivity index (χ3n) is 4.87. The summed E-state index contributed by atoms with van der Waals surface area (Å²) >= 11 is 1.84. The Bertz CT molecular complexity index is 478. The van der Waals surface area contributed by atoms with E-state index in [1.165, 1.54) is 18.4 Å². The first-order valence-corrected chi connectivity index (χ1v) is 10.1. The van der Waals surface area contributed by atoms with Gasteiger partial charge in [0, 0.05) is 44.2 Å². The number of hydrogen-bond acceptors (Lipinski definition) is 5. The molecule has 3 heterocycles. The van der Waals surface area contributed by atoms with Gasteiger partial charge < -0.3 is 9.64 Å². The van der Waals surface area contributed by atoms with Gasteiger partial charge in [-0.1, -0.05) is 6.07 Å². The van der Waals surface area contributed by atoms with Crippen LogP contribution in [0.4, 0.5) is 5.82 Å². The molecule has 2 fully saturated rings. The van der Waals surface area contributed by atoms with E-state index < -0.39 is 0 Å². The summed E-state index contributed by atoms with van der Waals surface area (Å²) in [4.78, 5) is 9.74. The quantitative estimate of drug-likeness (QED) is 0.843. The molecule has 1 aromatic heterocycles. The maximum absolute atomic E-state index is 5.86. The predicted octanol–water partition coefficient (Wildman–Crippen LogP) is 3.02. The first kappa shape index (κ1) is 17.1. The third kappa shape index (κ3) is 4.40. The smallest absolute Gasteiger partial charge is 0.128 e. The molecule has 128 valence electrons. The second-order valence-electron chi connectivity index (χ2n) is 6.89. The summed E-state index contributed by atoms with van der Waals surface area (Å²) in [6, 6.07) is 5.11. The molecule has 2 saturated heterocycles. The van der Waals surface area contributed by atoms with Crippen LogP contribution in [0, 0.1) is 0 Å². The van der Waals surface area contributed by atoms with Crippen molar-refractivity contribution in [2.75, 3.05) is 37.3 Å². The molecule has 5 heteroatoms. The number of pyridine rings is 1. The predicted molar refractivity (Wildman–Crippen MR) is 98.3 cm³/mol. The molecule has 0 aromatic carbocycles. The summed E-state index contributed by atoms with van der Waals surface area (Å²) in [5.74, 6) is 2.18. The summed E-state index contributed by atoms with van der Waals surface area (Å²) in [5.41, 5.74) is 1.31. The molecule has 0 unspecified atom stereocenters. The molecule has 0 saturated carbocycles. The normalized spacial score (nSPS) is 27.3. The number of anilines is 1. The van der Waals surface area contributed by atoms with Crippen LogP contribution in [0.3, 0.4) is 0 Å². The zero-order valence-corrected chi connectivity index (χ0v) is 15.4. The van der Waals surface area contributed by atoms with Crippen LogP contribution >= 0.6 is 11.8 Å². The van der Waals surface area contributed by atoms with E-state index in [4.69, 9.17) is 4.74 Å².